The molecule has 0 bridgehead atoms. The molecule has 4 nitrogen and oxygen atoms in total. The van der Waals surface area contributed by atoms with Gasteiger partial charge in [0.2, 0.25) is 0 Å². The molecule has 0 saturated heterocycles. The summed E-state index contributed by atoms with van der Waals surface area (Å²) in [5.41, 5.74) is 0.403. The maximum atomic E-state index is 12.0. The van der Waals surface area contributed by atoms with Crippen molar-refractivity contribution in [2.24, 2.45) is 0 Å². The first kappa shape index (κ1) is 14.2. The second-order valence-corrected chi connectivity index (χ2v) is 4.97. The molecule has 1 rings (SSSR count). The SMILES string of the molecule is CCCC(C)(C)NC(=O)c1ccc(C(=O)O)cc1. The van der Waals surface area contributed by atoms with E-state index in [0.717, 1.165) is 12.8 Å². The molecule has 2 N–H and O–H groups in total. The Bertz CT molecular complexity index is 435. The first-order chi connectivity index (χ1) is 8.35. The van der Waals surface area contributed by atoms with Gasteiger partial charge in [-0.25, -0.2) is 4.79 Å². The van der Waals surface area contributed by atoms with Crippen molar-refractivity contribution >= 4 is 11.9 Å². The van der Waals surface area contributed by atoms with Crippen LogP contribution in [0.15, 0.2) is 24.3 Å². The van der Waals surface area contributed by atoms with Gasteiger partial charge < -0.3 is 10.4 Å². The van der Waals surface area contributed by atoms with Gasteiger partial charge in [0, 0.05) is 11.1 Å². The topological polar surface area (TPSA) is 66.4 Å². The Morgan fingerprint density at radius 1 is 1.17 bits per heavy atom. The normalized spacial score (nSPS) is 11.1. The van der Waals surface area contributed by atoms with Crippen molar-refractivity contribution in [1.82, 2.24) is 5.32 Å². The molecule has 98 valence electrons. The van der Waals surface area contributed by atoms with Crippen molar-refractivity contribution in [3.05, 3.63) is 35.4 Å². The van der Waals surface area contributed by atoms with Crippen molar-refractivity contribution in [3.63, 3.8) is 0 Å². The predicted octanol–water partition coefficient (Wildman–Crippen LogP) is 2.69. The van der Waals surface area contributed by atoms with E-state index >= 15 is 0 Å². The summed E-state index contributed by atoms with van der Waals surface area (Å²) < 4.78 is 0. The lowest BCUT2D eigenvalue weighted by atomic mass is 9.98. The van der Waals surface area contributed by atoms with E-state index in [4.69, 9.17) is 5.11 Å². The van der Waals surface area contributed by atoms with Gasteiger partial charge in [-0.15, -0.1) is 0 Å². The van der Waals surface area contributed by atoms with E-state index in [-0.39, 0.29) is 17.0 Å². The first-order valence-corrected chi connectivity index (χ1v) is 6.01. The molecule has 1 aromatic carbocycles. The number of nitrogens with one attached hydrogen (secondary N) is 1. The second kappa shape index (κ2) is 5.67. The third-order valence-corrected chi connectivity index (χ3v) is 2.72. The number of carboxylic acid groups (broad SMARTS) is 1. The minimum absolute atomic E-state index is 0.176. The molecule has 0 aromatic heterocycles. The van der Waals surface area contributed by atoms with Crippen molar-refractivity contribution in [2.75, 3.05) is 0 Å². The summed E-state index contributed by atoms with van der Waals surface area (Å²) in [6, 6.07) is 5.93. The third-order valence-electron chi connectivity index (χ3n) is 2.72. The van der Waals surface area contributed by atoms with E-state index in [1.807, 2.05) is 13.8 Å². The van der Waals surface area contributed by atoms with Crippen molar-refractivity contribution < 1.29 is 14.7 Å². The molecule has 0 aliphatic heterocycles. The smallest absolute Gasteiger partial charge is 0.335 e. The minimum Gasteiger partial charge on any atom is -0.478 e. The number of hydrogen-bond acceptors (Lipinski definition) is 2. The highest BCUT2D eigenvalue weighted by Crippen LogP contribution is 2.12. The van der Waals surface area contributed by atoms with Crippen LogP contribution in [0.1, 0.15) is 54.3 Å². The Morgan fingerprint density at radius 2 is 1.67 bits per heavy atom. The molecule has 0 aliphatic carbocycles. The summed E-state index contributed by atoms with van der Waals surface area (Å²) in [6.45, 7) is 6.01. The van der Waals surface area contributed by atoms with Gasteiger partial charge in [0.1, 0.15) is 0 Å². The van der Waals surface area contributed by atoms with E-state index in [9.17, 15) is 9.59 Å². The molecule has 1 amide bonds. The Kier molecular flexibility index (Phi) is 4.48. The second-order valence-electron chi connectivity index (χ2n) is 4.97. The monoisotopic (exact) mass is 249 g/mol. The minimum atomic E-state index is -0.992. The molecule has 0 spiro atoms. The van der Waals surface area contributed by atoms with Crippen LogP contribution in [-0.2, 0) is 0 Å². The van der Waals surface area contributed by atoms with E-state index in [1.165, 1.54) is 24.3 Å². The van der Waals surface area contributed by atoms with Crippen LogP contribution in [0.4, 0.5) is 0 Å². The highest BCUT2D eigenvalue weighted by molar-refractivity contribution is 5.96. The number of aromatic carboxylic acids is 1. The van der Waals surface area contributed by atoms with Gasteiger partial charge in [0.15, 0.2) is 0 Å². The average Bonchev–Trinajstić information content (AvgIpc) is 2.28. The van der Waals surface area contributed by atoms with Gasteiger partial charge in [-0.3, -0.25) is 4.79 Å². The standard InChI is InChI=1S/C14H19NO3/c1-4-9-14(2,3)15-12(16)10-5-7-11(8-6-10)13(17)18/h5-8H,4,9H2,1-3H3,(H,15,16)(H,17,18). The fourth-order valence-electron chi connectivity index (χ4n) is 1.83. The largest absolute Gasteiger partial charge is 0.478 e. The molecule has 0 heterocycles. The summed E-state index contributed by atoms with van der Waals surface area (Å²) in [5, 5.41) is 11.7. The zero-order valence-electron chi connectivity index (χ0n) is 11.0. The van der Waals surface area contributed by atoms with Gasteiger partial charge in [0.25, 0.3) is 5.91 Å². The van der Waals surface area contributed by atoms with E-state index in [1.54, 1.807) is 0 Å². The predicted molar refractivity (Wildman–Crippen MR) is 69.9 cm³/mol. The molecule has 0 aliphatic rings. The Morgan fingerprint density at radius 3 is 2.11 bits per heavy atom. The van der Waals surface area contributed by atoms with Gasteiger partial charge in [-0.1, -0.05) is 13.3 Å². The highest BCUT2D eigenvalue weighted by Gasteiger charge is 2.20. The van der Waals surface area contributed by atoms with Gasteiger partial charge in [-0.2, -0.15) is 0 Å². The number of carbonyl (C=O) groups excluding carboxylic acids is 1. The number of hydrogen-bond donors (Lipinski definition) is 2. The lowest BCUT2D eigenvalue weighted by Crippen LogP contribution is -2.43. The van der Waals surface area contributed by atoms with E-state index < -0.39 is 5.97 Å². The van der Waals surface area contributed by atoms with Crippen LogP contribution >= 0.6 is 0 Å². The zero-order valence-corrected chi connectivity index (χ0v) is 11.0. The summed E-state index contributed by atoms with van der Waals surface area (Å²) in [5.74, 6) is -1.17. The maximum Gasteiger partial charge on any atom is 0.335 e. The molecular weight excluding hydrogens is 230 g/mol. The van der Waals surface area contributed by atoms with Crippen molar-refractivity contribution in [2.45, 2.75) is 39.2 Å². The first-order valence-electron chi connectivity index (χ1n) is 6.01. The third kappa shape index (κ3) is 3.87. The summed E-state index contributed by atoms with van der Waals surface area (Å²) in [6.07, 6.45) is 1.89. The molecule has 18 heavy (non-hydrogen) atoms. The van der Waals surface area contributed by atoms with Gasteiger partial charge in [0.05, 0.1) is 5.56 Å². The molecule has 0 saturated carbocycles. The van der Waals surface area contributed by atoms with Gasteiger partial charge >= 0.3 is 5.97 Å². The Balaban J connectivity index is 2.76. The van der Waals surface area contributed by atoms with E-state index in [0.29, 0.717) is 5.56 Å². The zero-order chi connectivity index (χ0) is 13.8. The number of rotatable bonds is 5. The van der Waals surface area contributed by atoms with Crippen molar-refractivity contribution in [3.8, 4) is 0 Å². The summed E-state index contributed by atoms with van der Waals surface area (Å²) >= 11 is 0. The van der Waals surface area contributed by atoms with Crippen LogP contribution in [0.5, 0.6) is 0 Å². The maximum absolute atomic E-state index is 12.0. The quantitative estimate of drug-likeness (QED) is 0.843. The number of amides is 1. The molecule has 0 atom stereocenters. The van der Waals surface area contributed by atoms with E-state index in [2.05, 4.69) is 12.2 Å². The van der Waals surface area contributed by atoms with Crippen LogP contribution in [0.2, 0.25) is 0 Å². The fourth-order valence-corrected chi connectivity index (χ4v) is 1.83. The highest BCUT2D eigenvalue weighted by atomic mass is 16.4. The number of benzene rings is 1. The molecule has 4 heteroatoms. The lowest BCUT2D eigenvalue weighted by molar-refractivity contribution is 0.0696. The summed E-state index contributed by atoms with van der Waals surface area (Å²) in [7, 11) is 0. The molecule has 0 radical (unpaired) electrons. The molecule has 0 fully saturated rings. The van der Waals surface area contributed by atoms with Crippen molar-refractivity contribution in [1.29, 1.82) is 0 Å². The summed E-state index contributed by atoms with van der Waals surface area (Å²) in [4.78, 5) is 22.7. The number of carboxylic acids is 1. The average molecular weight is 249 g/mol. The Hall–Kier alpha value is -1.84. The fraction of sp³-hybridized carbons (Fsp3) is 0.429. The van der Waals surface area contributed by atoms with Crippen LogP contribution in [0, 0.1) is 0 Å². The molecule has 1 aromatic rings. The lowest BCUT2D eigenvalue weighted by Gasteiger charge is -2.25. The molecular formula is C14H19NO3. The molecule has 0 unspecified atom stereocenters. The Labute approximate surface area is 107 Å². The van der Waals surface area contributed by atoms with Gasteiger partial charge in [-0.05, 0) is 44.5 Å². The van der Waals surface area contributed by atoms with Crippen LogP contribution in [0.25, 0.3) is 0 Å². The van der Waals surface area contributed by atoms with Crippen LogP contribution < -0.4 is 5.32 Å². The van der Waals surface area contributed by atoms with Crippen LogP contribution in [0.3, 0.4) is 0 Å². The number of carbonyl (C=O) groups is 2. The van der Waals surface area contributed by atoms with Crippen LogP contribution in [-0.4, -0.2) is 22.5 Å².